The number of nitrogens with zero attached hydrogens (tertiary/aromatic N) is 1. The Morgan fingerprint density at radius 3 is 2.46 bits per heavy atom. The highest BCUT2D eigenvalue weighted by molar-refractivity contribution is 7.89. The summed E-state index contributed by atoms with van der Waals surface area (Å²) in [7, 11) is -3.51. The molecule has 8 heteroatoms. The van der Waals surface area contributed by atoms with E-state index in [1.54, 1.807) is 12.1 Å². The second kappa shape index (κ2) is 9.11. The van der Waals surface area contributed by atoms with Crippen LogP contribution in [0.2, 0.25) is 5.02 Å². The normalized spacial score (nSPS) is 27.5. The molecule has 2 aliphatic rings. The lowest BCUT2D eigenvalue weighted by atomic mass is 9.78. The second-order valence-electron chi connectivity index (χ2n) is 8.23. The van der Waals surface area contributed by atoms with Crippen LogP contribution in [0.15, 0.2) is 29.2 Å². The molecule has 0 spiro atoms. The van der Waals surface area contributed by atoms with E-state index in [0.717, 1.165) is 11.3 Å². The van der Waals surface area contributed by atoms with Crippen LogP contribution < -0.4 is 10.2 Å². The van der Waals surface area contributed by atoms with Crippen molar-refractivity contribution in [3.8, 4) is 0 Å². The third kappa shape index (κ3) is 5.06. The summed E-state index contributed by atoms with van der Waals surface area (Å²) < 4.78 is 27.0. The molecule has 1 aromatic carbocycles. The van der Waals surface area contributed by atoms with Crippen LogP contribution in [-0.2, 0) is 14.8 Å². The van der Waals surface area contributed by atoms with Crippen molar-refractivity contribution in [3.63, 3.8) is 0 Å². The number of carbonyl (C=O) groups excluding carboxylic acids is 1. The molecule has 28 heavy (non-hydrogen) atoms. The van der Waals surface area contributed by atoms with Gasteiger partial charge in [-0.25, -0.2) is 8.42 Å². The van der Waals surface area contributed by atoms with Gasteiger partial charge in [0, 0.05) is 11.1 Å². The molecule has 0 bridgehead atoms. The molecular weight excluding hydrogens is 398 g/mol. The van der Waals surface area contributed by atoms with E-state index in [1.165, 1.54) is 29.3 Å². The number of carbonyl (C=O) groups is 1. The van der Waals surface area contributed by atoms with Crippen molar-refractivity contribution in [2.75, 3.05) is 32.7 Å². The van der Waals surface area contributed by atoms with Gasteiger partial charge in [-0.3, -0.25) is 4.79 Å². The van der Waals surface area contributed by atoms with Gasteiger partial charge in [-0.15, -0.1) is 0 Å². The molecule has 1 saturated carbocycles. The summed E-state index contributed by atoms with van der Waals surface area (Å²) in [4.78, 5) is 13.9. The fourth-order valence-corrected chi connectivity index (χ4v) is 5.81. The Hall–Kier alpha value is -1.15. The minimum Gasteiger partial charge on any atom is -0.348 e. The number of hydrogen-bond donors (Lipinski definition) is 2. The van der Waals surface area contributed by atoms with Crippen LogP contribution in [0.4, 0.5) is 0 Å². The number of piperazine rings is 1. The first-order valence-electron chi connectivity index (χ1n) is 10.2. The maximum atomic E-state index is 12.8. The van der Waals surface area contributed by atoms with Crippen LogP contribution in [0, 0.1) is 11.8 Å². The quantitative estimate of drug-likeness (QED) is 0.739. The zero-order valence-corrected chi connectivity index (χ0v) is 18.2. The van der Waals surface area contributed by atoms with Gasteiger partial charge in [0.05, 0.1) is 31.1 Å². The largest absolute Gasteiger partial charge is 0.348 e. The number of rotatable bonds is 5. The van der Waals surface area contributed by atoms with Crippen molar-refractivity contribution in [3.05, 3.63) is 29.3 Å². The van der Waals surface area contributed by atoms with Crippen molar-refractivity contribution in [2.45, 2.75) is 44.0 Å². The molecule has 156 valence electrons. The number of halogens is 1. The Labute approximate surface area is 173 Å². The van der Waals surface area contributed by atoms with Crippen LogP contribution in [-0.4, -0.2) is 57.4 Å². The summed E-state index contributed by atoms with van der Waals surface area (Å²) in [6, 6.07) is 6.52. The molecule has 1 aliphatic heterocycles. The number of quaternary nitrogens is 1. The first-order valence-corrected chi connectivity index (χ1v) is 12.0. The van der Waals surface area contributed by atoms with Crippen LogP contribution >= 0.6 is 11.6 Å². The Morgan fingerprint density at radius 2 is 1.82 bits per heavy atom. The summed E-state index contributed by atoms with van der Waals surface area (Å²) in [6.07, 6.45) is 3.47. The lowest BCUT2D eigenvalue weighted by Gasteiger charge is -2.35. The maximum Gasteiger partial charge on any atom is 0.275 e. The van der Waals surface area contributed by atoms with Crippen molar-refractivity contribution in [2.24, 2.45) is 11.8 Å². The third-order valence-electron chi connectivity index (χ3n) is 6.34. The van der Waals surface area contributed by atoms with Gasteiger partial charge in [-0.05, 0) is 42.5 Å². The Balaban J connectivity index is 1.50. The van der Waals surface area contributed by atoms with Gasteiger partial charge < -0.3 is 10.2 Å². The summed E-state index contributed by atoms with van der Waals surface area (Å²) in [5.41, 5.74) is 0. The molecule has 1 saturated heterocycles. The highest BCUT2D eigenvalue weighted by Crippen LogP contribution is 2.29. The summed E-state index contributed by atoms with van der Waals surface area (Å²) >= 11 is 5.85. The van der Waals surface area contributed by atoms with Gasteiger partial charge in [-0.1, -0.05) is 38.3 Å². The smallest absolute Gasteiger partial charge is 0.275 e. The molecular formula is C20H31ClN3O3S+. The molecule has 0 unspecified atom stereocenters. The van der Waals surface area contributed by atoms with E-state index in [1.807, 2.05) is 0 Å². The zero-order chi connectivity index (χ0) is 20.3. The van der Waals surface area contributed by atoms with Crippen LogP contribution in [0.3, 0.4) is 0 Å². The molecule has 1 aromatic rings. The van der Waals surface area contributed by atoms with E-state index >= 15 is 0 Å². The van der Waals surface area contributed by atoms with Crippen molar-refractivity contribution in [1.29, 1.82) is 0 Å². The molecule has 1 amide bonds. The summed E-state index contributed by atoms with van der Waals surface area (Å²) in [5, 5.41) is 3.73. The van der Waals surface area contributed by atoms with Crippen LogP contribution in [0.5, 0.6) is 0 Å². The van der Waals surface area contributed by atoms with Crippen molar-refractivity contribution >= 4 is 27.5 Å². The zero-order valence-electron chi connectivity index (χ0n) is 16.7. The van der Waals surface area contributed by atoms with Crippen molar-refractivity contribution < 1.29 is 18.1 Å². The van der Waals surface area contributed by atoms with Gasteiger partial charge in [0.1, 0.15) is 0 Å². The van der Waals surface area contributed by atoms with Gasteiger partial charge >= 0.3 is 0 Å². The molecule has 2 N–H and O–H groups in total. The predicted octanol–water partition coefficient (Wildman–Crippen LogP) is 1.17. The first kappa shape index (κ1) is 21.6. The minimum atomic E-state index is -3.51. The molecule has 1 heterocycles. The number of hydrogen-bond acceptors (Lipinski definition) is 3. The van der Waals surface area contributed by atoms with E-state index in [0.29, 0.717) is 49.6 Å². The molecule has 3 rings (SSSR count). The molecule has 2 fully saturated rings. The fourth-order valence-electron chi connectivity index (χ4n) is 4.25. The lowest BCUT2D eigenvalue weighted by Crippen LogP contribution is -3.15. The Bertz CT molecular complexity index is 776. The van der Waals surface area contributed by atoms with Gasteiger partial charge in [0.25, 0.3) is 5.91 Å². The maximum absolute atomic E-state index is 12.8. The molecule has 0 aromatic heterocycles. The second-order valence-corrected chi connectivity index (χ2v) is 10.6. The molecule has 6 nitrogen and oxygen atoms in total. The Kier molecular flexibility index (Phi) is 7.02. The molecule has 0 radical (unpaired) electrons. The van der Waals surface area contributed by atoms with Crippen LogP contribution in [0.25, 0.3) is 0 Å². The van der Waals surface area contributed by atoms with Crippen LogP contribution in [0.1, 0.15) is 33.1 Å². The monoisotopic (exact) mass is 428 g/mol. The lowest BCUT2D eigenvalue weighted by molar-refractivity contribution is -0.895. The van der Waals surface area contributed by atoms with Gasteiger partial charge in [0.2, 0.25) is 10.0 Å². The number of benzene rings is 1. The third-order valence-corrected chi connectivity index (χ3v) is 8.51. The molecule has 3 atom stereocenters. The Morgan fingerprint density at radius 1 is 1.18 bits per heavy atom. The topological polar surface area (TPSA) is 70.9 Å². The highest BCUT2D eigenvalue weighted by atomic mass is 35.5. The average Bonchev–Trinajstić information content (AvgIpc) is 2.66. The van der Waals surface area contributed by atoms with E-state index in [4.69, 9.17) is 11.6 Å². The highest BCUT2D eigenvalue weighted by Gasteiger charge is 2.32. The van der Waals surface area contributed by atoms with Gasteiger partial charge in [0.15, 0.2) is 6.54 Å². The number of amides is 1. The SMILES string of the molecule is C[C@H]1[C@@H](NC(=O)C[NH+]2CCN(S(=O)(=O)c3ccc(Cl)cc3)CC2)CCC[C@@H]1C. The summed E-state index contributed by atoms with van der Waals surface area (Å²) in [6.45, 7) is 7.01. The van der Waals surface area contributed by atoms with E-state index < -0.39 is 10.0 Å². The van der Waals surface area contributed by atoms with E-state index in [-0.39, 0.29) is 16.8 Å². The number of nitrogens with one attached hydrogen (secondary N) is 2. The fraction of sp³-hybridized carbons (Fsp3) is 0.650. The predicted molar refractivity (Wildman–Crippen MR) is 110 cm³/mol. The summed E-state index contributed by atoms with van der Waals surface area (Å²) in [5.74, 6) is 1.23. The van der Waals surface area contributed by atoms with E-state index in [2.05, 4.69) is 19.2 Å². The standard InChI is InChI=1S/C20H30ClN3O3S/c1-15-4-3-5-19(16(15)2)22-20(25)14-23-10-12-24(13-11-23)28(26,27)18-8-6-17(21)7-9-18/h6-9,15-16,19H,3-5,10-14H2,1-2H3,(H,22,25)/p+1/t15-,16+,19-/m0/s1. The molecule has 1 aliphatic carbocycles. The number of sulfonamides is 1. The van der Waals surface area contributed by atoms with Gasteiger partial charge in [-0.2, -0.15) is 4.31 Å². The van der Waals surface area contributed by atoms with Crippen molar-refractivity contribution in [1.82, 2.24) is 9.62 Å². The first-order chi connectivity index (χ1) is 13.3. The minimum absolute atomic E-state index is 0.0787. The van der Waals surface area contributed by atoms with E-state index in [9.17, 15) is 13.2 Å². The average molecular weight is 429 g/mol.